The molecule has 2 saturated heterocycles. The van der Waals surface area contributed by atoms with E-state index in [0.717, 1.165) is 38.4 Å². The minimum absolute atomic E-state index is 0.166. The molecule has 136 valence electrons. The number of hydrogen-bond donors (Lipinski definition) is 0. The minimum Gasteiger partial charge on any atom is -0.378 e. The molecular weight excluding hydrogens is 321 g/mol. The lowest BCUT2D eigenvalue weighted by Crippen LogP contribution is -2.43. The average Bonchev–Trinajstić information content (AvgIpc) is 3.37. The number of benzene rings is 1. The maximum absolute atomic E-state index is 13.8. The molecule has 0 unspecified atom stereocenters. The number of carbonyl (C=O) groups excluding carboxylic acids is 1. The monoisotopic (exact) mass is 347 g/mol. The highest BCUT2D eigenvalue weighted by Gasteiger charge is 2.43. The van der Waals surface area contributed by atoms with Gasteiger partial charge in [0.2, 0.25) is 0 Å². The molecule has 1 aromatic carbocycles. The van der Waals surface area contributed by atoms with Gasteiger partial charge in [-0.1, -0.05) is 12.1 Å². The predicted octanol–water partition coefficient (Wildman–Crippen LogP) is 3.26. The summed E-state index contributed by atoms with van der Waals surface area (Å²) in [7, 11) is 0. The number of nitrogens with zero attached hydrogens (tertiary/aromatic N) is 1. The van der Waals surface area contributed by atoms with Crippen LogP contribution in [0.4, 0.5) is 4.39 Å². The van der Waals surface area contributed by atoms with Gasteiger partial charge in [0.1, 0.15) is 5.82 Å². The minimum atomic E-state index is -0.440. The summed E-state index contributed by atoms with van der Waals surface area (Å²) in [5, 5.41) is 0. The molecule has 25 heavy (non-hydrogen) atoms. The zero-order valence-electron chi connectivity index (χ0n) is 14.6. The van der Waals surface area contributed by atoms with Crippen LogP contribution in [0.1, 0.15) is 42.5 Å². The third-order valence-corrected chi connectivity index (χ3v) is 5.86. The van der Waals surface area contributed by atoms with Crippen LogP contribution in [0.5, 0.6) is 0 Å². The first-order valence-electron chi connectivity index (χ1n) is 9.38. The van der Waals surface area contributed by atoms with E-state index in [2.05, 4.69) is 0 Å². The molecule has 2 aliphatic heterocycles. The Kier molecular flexibility index (Phi) is 4.78. The number of likely N-dealkylation sites (tertiary alicyclic amines) is 1. The van der Waals surface area contributed by atoms with Gasteiger partial charge in [0, 0.05) is 19.7 Å². The summed E-state index contributed by atoms with van der Waals surface area (Å²) in [6, 6.07) is 6.22. The Labute approximate surface area is 148 Å². The van der Waals surface area contributed by atoms with Gasteiger partial charge in [-0.05, 0) is 55.6 Å². The van der Waals surface area contributed by atoms with Crippen molar-refractivity contribution in [3.05, 3.63) is 35.6 Å². The van der Waals surface area contributed by atoms with Gasteiger partial charge in [0.15, 0.2) is 0 Å². The van der Waals surface area contributed by atoms with Crippen LogP contribution in [0.25, 0.3) is 0 Å². The van der Waals surface area contributed by atoms with Crippen molar-refractivity contribution in [1.82, 2.24) is 4.90 Å². The van der Waals surface area contributed by atoms with Gasteiger partial charge in [0.05, 0.1) is 24.9 Å². The Morgan fingerprint density at radius 2 is 2.00 bits per heavy atom. The van der Waals surface area contributed by atoms with E-state index >= 15 is 0 Å². The molecule has 0 N–H and O–H groups in total. The first-order valence-corrected chi connectivity index (χ1v) is 9.38. The average molecular weight is 347 g/mol. The van der Waals surface area contributed by atoms with E-state index in [1.54, 1.807) is 23.1 Å². The quantitative estimate of drug-likeness (QED) is 0.821. The summed E-state index contributed by atoms with van der Waals surface area (Å²) in [5.74, 6) is 0.143. The van der Waals surface area contributed by atoms with Gasteiger partial charge in [0.25, 0.3) is 5.91 Å². The van der Waals surface area contributed by atoms with Crippen molar-refractivity contribution in [1.29, 1.82) is 0 Å². The second-order valence-electron chi connectivity index (χ2n) is 7.89. The Morgan fingerprint density at radius 1 is 1.24 bits per heavy atom. The summed E-state index contributed by atoms with van der Waals surface area (Å²) >= 11 is 0. The first-order chi connectivity index (χ1) is 12.2. The Hall–Kier alpha value is -1.46. The molecule has 4 rings (SSSR count). The highest BCUT2D eigenvalue weighted by atomic mass is 19.1. The lowest BCUT2D eigenvalue weighted by molar-refractivity contribution is 0.00937. The van der Waals surface area contributed by atoms with Crippen molar-refractivity contribution in [2.75, 3.05) is 32.9 Å². The number of hydrogen-bond acceptors (Lipinski definition) is 3. The number of piperidine rings is 1. The SMILES string of the molecule is O=C(c1ccccc1F)N1CCC2(CC1)CO[C@@H](COCC1CC1)C2. The molecule has 3 fully saturated rings. The summed E-state index contributed by atoms with van der Waals surface area (Å²) in [5.41, 5.74) is 0.340. The van der Waals surface area contributed by atoms with Crippen LogP contribution in [-0.2, 0) is 9.47 Å². The van der Waals surface area contributed by atoms with Crippen LogP contribution in [0, 0.1) is 17.2 Å². The van der Waals surface area contributed by atoms with E-state index in [9.17, 15) is 9.18 Å². The molecule has 1 amide bonds. The van der Waals surface area contributed by atoms with E-state index in [4.69, 9.17) is 9.47 Å². The van der Waals surface area contributed by atoms with E-state index in [1.165, 1.54) is 18.9 Å². The Bertz CT molecular complexity index is 623. The fourth-order valence-corrected chi connectivity index (χ4v) is 3.99. The third-order valence-electron chi connectivity index (χ3n) is 5.86. The normalized spacial score (nSPS) is 25.5. The lowest BCUT2D eigenvalue weighted by Gasteiger charge is -2.38. The van der Waals surface area contributed by atoms with Gasteiger partial charge in [-0.2, -0.15) is 0 Å². The molecule has 2 heterocycles. The lowest BCUT2D eigenvalue weighted by atomic mass is 9.76. The largest absolute Gasteiger partial charge is 0.378 e. The van der Waals surface area contributed by atoms with Crippen LogP contribution in [-0.4, -0.2) is 49.8 Å². The fourth-order valence-electron chi connectivity index (χ4n) is 3.99. The third kappa shape index (κ3) is 3.87. The van der Waals surface area contributed by atoms with Crippen LogP contribution >= 0.6 is 0 Å². The van der Waals surface area contributed by atoms with Crippen molar-refractivity contribution in [3.8, 4) is 0 Å². The maximum atomic E-state index is 13.8. The first kappa shape index (κ1) is 17.0. The van der Waals surface area contributed by atoms with Gasteiger partial charge >= 0.3 is 0 Å². The van der Waals surface area contributed by atoms with Gasteiger partial charge in [-0.15, -0.1) is 0 Å². The number of carbonyl (C=O) groups is 1. The van der Waals surface area contributed by atoms with Crippen molar-refractivity contribution < 1.29 is 18.7 Å². The summed E-state index contributed by atoms with van der Waals surface area (Å²) in [6.07, 6.45) is 5.66. The molecule has 5 heteroatoms. The van der Waals surface area contributed by atoms with Crippen molar-refractivity contribution >= 4 is 5.91 Å². The zero-order chi connectivity index (χ0) is 17.3. The van der Waals surface area contributed by atoms with Crippen LogP contribution in [0.15, 0.2) is 24.3 Å². The van der Waals surface area contributed by atoms with Crippen molar-refractivity contribution in [3.63, 3.8) is 0 Å². The number of amides is 1. The molecule has 1 saturated carbocycles. The molecule has 1 atom stereocenters. The predicted molar refractivity (Wildman–Crippen MR) is 91.9 cm³/mol. The molecule has 3 aliphatic rings. The molecular formula is C20H26FNO3. The van der Waals surface area contributed by atoms with Crippen LogP contribution in [0.2, 0.25) is 0 Å². The van der Waals surface area contributed by atoms with E-state index in [-0.39, 0.29) is 23.0 Å². The summed E-state index contributed by atoms with van der Waals surface area (Å²) in [6.45, 7) is 3.67. The molecule has 1 spiro atoms. The molecule has 0 radical (unpaired) electrons. The molecule has 0 bridgehead atoms. The summed E-state index contributed by atoms with van der Waals surface area (Å²) in [4.78, 5) is 14.3. The molecule has 0 aromatic heterocycles. The van der Waals surface area contributed by atoms with Gasteiger partial charge in [-0.3, -0.25) is 4.79 Å². The van der Waals surface area contributed by atoms with Crippen LogP contribution < -0.4 is 0 Å². The van der Waals surface area contributed by atoms with Crippen LogP contribution in [0.3, 0.4) is 0 Å². The standard InChI is InChI=1S/C20H26FNO3/c21-18-4-2-1-3-17(18)19(23)22-9-7-20(8-10-22)11-16(25-14-20)13-24-12-15-5-6-15/h1-4,15-16H,5-14H2/t16-/m1/s1. The van der Waals surface area contributed by atoms with E-state index < -0.39 is 5.82 Å². The Balaban J connectivity index is 1.28. The van der Waals surface area contributed by atoms with Gasteiger partial charge < -0.3 is 14.4 Å². The van der Waals surface area contributed by atoms with Crippen molar-refractivity contribution in [2.45, 2.75) is 38.2 Å². The fraction of sp³-hybridized carbons (Fsp3) is 0.650. The molecule has 1 aliphatic carbocycles. The highest BCUT2D eigenvalue weighted by molar-refractivity contribution is 5.94. The second-order valence-corrected chi connectivity index (χ2v) is 7.89. The van der Waals surface area contributed by atoms with Crippen molar-refractivity contribution in [2.24, 2.45) is 11.3 Å². The molecule has 4 nitrogen and oxygen atoms in total. The van der Waals surface area contributed by atoms with E-state index in [1.807, 2.05) is 0 Å². The highest BCUT2D eigenvalue weighted by Crippen LogP contribution is 2.42. The topological polar surface area (TPSA) is 38.8 Å². The Morgan fingerprint density at radius 3 is 2.72 bits per heavy atom. The molecule has 1 aromatic rings. The van der Waals surface area contributed by atoms with Gasteiger partial charge in [-0.25, -0.2) is 4.39 Å². The number of ether oxygens (including phenoxy) is 2. The maximum Gasteiger partial charge on any atom is 0.256 e. The second kappa shape index (κ2) is 7.04. The number of halogens is 1. The smallest absolute Gasteiger partial charge is 0.256 e. The summed E-state index contributed by atoms with van der Waals surface area (Å²) < 4.78 is 25.6. The number of rotatable bonds is 5. The van der Waals surface area contributed by atoms with E-state index in [0.29, 0.717) is 19.7 Å². The zero-order valence-corrected chi connectivity index (χ0v) is 14.6.